The molecule has 1 saturated carbocycles. The predicted molar refractivity (Wildman–Crippen MR) is 111 cm³/mol. The van der Waals surface area contributed by atoms with Crippen LogP contribution in [-0.4, -0.2) is 45.3 Å². The second kappa shape index (κ2) is 7.22. The van der Waals surface area contributed by atoms with Gasteiger partial charge in [-0.3, -0.25) is 19.6 Å². The zero-order valence-electron chi connectivity index (χ0n) is 16.1. The number of amides is 2. The third kappa shape index (κ3) is 3.00. The molecule has 29 heavy (non-hydrogen) atoms. The molecule has 3 aromatic rings. The largest absolute Gasteiger partial charge is 0.489 e. The Morgan fingerprint density at radius 3 is 2.59 bits per heavy atom. The number of nitrogens with zero attached hydrogens (tertiary/aromatic N) is 2. The highest BCUT2D eigenvalue weighted by atomic mass is 32.2. The number of fused-ring (bicyclic) bond motifs is 2. The van der Waals surface area contributed by atoms with E-state index in [4.69, 9.17) is 4.74 Å². The predicted octanol–water partition coefficient (Wildman–Crippen LogP) is 4.27. The van der Waals surface area contributed by atoms with Crippen LogP contribution in [-0.2, 0) is 0 Å². The monoisotopic (exact) mass is 407 g/mol. The molecule has 1 aromatic heterocycles. The molecule has 1 aliphatic heterocycles. The van der Waals surface area contributed by atoms with Crippen LogP contribution in [0, 0.1) is 0 Å². The van der Waals surface area contributed by atoms with Crippen LogP contribution in [0.4, 0.5) is 0 Å². The van der Waals surface area contributed by atoms with Crippen LogP contribution in [0.2, 0.25) is 0 Å². The number of benzene rings is 2. The Kier molecular flexibility index (Phi) is 4.54. The number of carbonyl (C=O) groups is 2. The summed E-state index contributed by atoms with van der Waals surface area (Å²) in [6, 6.07) is 10.9. The molecule has 2 unspecified atom stereocenters. The number of rotatable bonds is 4. The molecule has 5 rings (SSSR count). The summed E-state index contributed by atoms with van der Waals surface area (Å²) in [4.78, 5) is 28.2. The Hall–Kier alpha value is -2.80. The summed E-state index contributed by atoms with van der Waals surface area (Å²) in [5, 5.41) is 8.15. The van der Waals surface area contributed by atoms with Gasteiger partial charge in [-0.2, -0.15) is 5.10 Å². The van der Waals surface area contributed by atoms with E-state index in [1.807, 2.05) is 24.6 Å². The van der Waals surface area contributed by atoms with E-state index in [9.17, 15) is 9.59 Å². The second-order valence-corrected chi connectivity index (χ2v) is 8.33. The van der Waals surface area contributed by atoms with Crippen molar-refractivity contribution in [2.24, 2.45) is 0 Å². The Bertz CT molecular complexity index is 1070. The van der Waals surface area contributed by atoms with E-state index in [0.717, 1.165) is 40.8 Å². The van der Waals surface area contributed by atoms with Gasteiger partial charge in [0.25, 0.3) is 11.8 Å². The third-order valence-corrected chi connectivity index (χ3v) is 6.65. The van der Waals surface area contributed by atoms with Crippen LogP contribution in [0.3, 0.4) is 0 Å². The van der Waals surface area contributed by atoms with E-state index in [1.54, 1.807) is 36.0 Å². The van der Waals surface area contributed by atoms with Gasteiger partial charge in [0.1, 0.15) is 11.9 Å². The molecule has 2 amide bonds. The minimum atomic E-state index is -0.180. The van der Waals surface area contributed by atoms with Gasteiger partial charge >= 0.3 is 0 Å². The first-order chi connectivity index (χ1) is 14.2. The summed E-state index contributed by atoms with van der Waals surface area (Å²) in [5.74, 6) is 0.473. The van der Waals surface area contributed by atoms with Gasteiger partial charge in [0.15, 0.2) is 0 Å². The topological polar surface area (TPSA) is 75.3 Å². The molecule has 1 fully saturated rings. The minimum absolute atomic E-state index is 0.0340. The first kappa shape index (κ1) is 18.2. The summed E-state index contributed by atoms with van der Waals surface area (Å²) in [6.45, 7) is 0. The van der Waals surface area contributed by atoms with Crippen molar-refractivity contribution >= 4 is 34.5 Å². The number of H-pyrrole nitrogens is 1. The maximum atomic E-state index is 12.8. The number of hydrogen-bond acceptors (Lipinski definition) is 5. The van der Waals surface area contributed by atoms with Gasteiger partial charge < -0.3 is 4.74 Å². The number of nitrogens with one attached hydrogen (secondary N) is 1. The second-order valence-electron chi connectivity index (χ2n) is 7.51. The number of carbonyl (C=O) groups excluding carboxylic acids is 2. The molecule has 7 heteroatoms. The van der Waals surface area contributed by atoms with Crippen LogP contribution in [0.1, 0.15) is 46.4 Å². The molecule has 2 aliphatic rings. The number of ether oxygens (including phenoxy) is 1. The molecule has 2 atom stereocenters. The van der Waals surface area contributed by atoms with Gasteiger partial charge in [-0.15, -0.1) is 11.8 Å². The lowest BCUT2D eigenvalue weighted by molar-refractivity contribution is 0.0448. The number of aromatic amines is 1. The average molecular weight is 407 g/mol. The minimum Gasteiger partial charge on any atom is -0.489 e. The van der Waals surface area contributed by atoms with E-state index in [2.05, 4.69) is 10.2 Å². The summed E-state index contributed by atoms with van der Waals surface area (Å²) in [7, 11) is 0. The molecule has 2 heterocycles. The Morgan fingerprint density at radius 2 is 1.86 bits per heavy atom. The molecule has 6 nitrogen and oxygen atoms in total. The average Bonchev–Trinajstić information content (AvgIpc) is 3.31. The fourth-order valence-corrected chi connectivity index (χ4v) is 5.16. The number of aromatic nitrogens is 2. The standard InChI is InChI=1S/C22H21N3O3S/c1-29-20-17-12-23-24-18(17)9-10-19(20)28-14-6-4-5-13(11-14)25-21(26)15-7-2-3-8-16(15)22(25)27/h2-3,7-10,12-14H,4-6,11H2,1H3,(H,23,24). The van der Waals surface area contributed by atoms with Gasteiger partial charge in [-0.05, 0) is 49.8 Å². The molecular formula is C22H21N3O3S. The number of thioether (sulfide) groups is 1. The first-order valence-corrected chi connectivity index (χ1v) is 11.0. The molecule has 0 spiro atoms. The van der Waals surface area contributed by atoms with Crippen molar-refractivity contribution in [3.05, 3.63) is 53.7 Å². The van der Waals surface area contributed by atoms with E-state index >= 15 is 0 Å². The Labute approximate surface area is 172 Å². The van der Waals surface area contributed by atoms with Crippen LogP contribution in [0.15, 0.2) is 47.5 Å². The van der Waals surface area contributed by atoms with Gasteiger partial charge in [0, 0.05) is 17.8 Å². The van der Waals surface area contributed by atoms with Gasteiger partial charge in [-0.1, -0.05) is 12.1 Å². The fourth-order valence-electron chi connectivity index (χ4n) is 4.46. The SMILES string of the molecule is CSc1c(OC2CCCC(N3C(=O)c4ccccc4C3=O)C2)ccc2[nH]ncc12. The zero-order valence-corrected chi connectivity index (χ0v) is 16.9. The van der Waals surface area contributed by atoms with Crippen molar-refractivity contribution in [2.45, 2.75) is 42.7 Å². The Balaban J connectivity index is 1.37. The van der Waals surface area contributed by atoms with Crippen molar-refractivity contribution in [1.82, 2.24) is 15.1 Å². The number of imide groups is 1. The Morgan fingerprint density at radius 1 is 1.10 bits per heavy atom. The van der Waals surface area contributed by atoms with Crippen LogP contribution >= 0.6 is 11.8 Å². The number of hydrogen-bond donors (Lipinski definition) is 1. The van der Waals surface area contributed by atoms with Crippen LogP contribution in [0.25, 0.3) is 10.9 Å². The van der Waals surface area contributed by atoms with Crippen molar-refractivity contribution in [1.29, 1.82) is 0 Å². The highest BCUT2D eigenvalue weighted by Crippen LogP contribution is 2.38. The molecule has 1 aliphatic carbocycles. The van der Waals surface area contributed by atoms with Gasteiger partial charge in [0.05, 0.1) is 27.7 Å². The van der Waals surface area contributed by atoms with Crippen molar-refractivity contribution in [3.8, 4) is 5.75 Å². The van der Waals surface area contributed by atoms with E-state index in [1.165, 1.54) is 4.90 Å². The van der Waals surface area contributed by atoms with Gasteiger partial charge in [0.2, 0.25) is 0 Å². The highest BCUT2D eigenvalue weighted by molar-refractivity contribution is 7.99. The van der Waals surface area contributed by atoms with Crippen LogP contribution in [0.5, 0.6) is 5.75 Å². The summed E-state index contributed by atoms with van der Waals surface area (Å²) < 4.78 is 6.38. The highest BCUT2D eigenvalue weighted by Gasteiger charge is 2.41. The first-order valence-electron chi connectivity index (χ1n) is 9.81. The van der Waals surface area contributed by atoms with E-state index in [0.29, 0.717) is 17.5 Å². The van der Waals surface area contributed by atoms with Crippen LogP contribution < -0.4 is 4.74 Å². The zero-order chi connectivity index (χ0) is 20.0. The summed E-state index contributed by atoms with van der Waals surface area (Å²) in [6.07, 6.45) is 7.12. The smallest absolute Gasteiger partial charge is 0.261 e. The lowest BCUT2D eigenvalue weighted by Crippen LogP contribution is -2.44. The van der Waals surface area contributed by atoms with E-state index in [-0.39, 0.29) is 24.0 Å². The quantitative estimate of drug-likeness (QED) is 0.516. The lowest BCUT2D eigenvalue weighted by Gasteiger charge is -2.34. The van der Waals surface area contributed by atoms with E-state index < -0.39 is 0 Å². The molecular weight excluding hydrogens is 386 g/mol. The maximum Gasteiger partial charge on any atom is 0.261 e. The van der Waals surface area contributed by atoms with Crippen molar-refractivity contribution < 1.29 is 14.3 Å². The summed E-state index contributed by atoms with van der Waals surface area (Å²) >= 11 is 1.63. The normalized spacial score (nSPS) is 21.6. The molecule has 0 bridgehead atoms. The fraction of sp³-hybridized carbons (Fsp3) is 0.318. The molecule has 1 N–H and O–H groups in total. The lowest BCUT2D eigenvalue weighted by atomic mass is 9.91. The van der Waals surface area contributed by atoms with Gasteiger partial charge in [-0.25, -0.2) is 0 Å². The molecule has 0 saturated heterocycles. The third-order valence-electron chi connectivity index (χ3n) is 5.83. The summed E-state index contributed by atoms with van der Waals surface area (Å²) in [5.41, 5.74) is 2.00. The molecule has 0 radical (unpaired) electrons. The molecule has 148 valence electrons. The molecule has 2 aromatic carbocycles. The maximum absolute atomic E-state index is 12.8. The van der Waals surface area contributed by atoms with Crippen molar-refractivity contribution in [3.63, 3.8) is 0 Å². The van der Waals surface area contributed by atoms with Crippen molar-refractivity contribution in [2.75, 3.05) is 6.26 Å².